The molecule has 24 heavy (non-hydrogen) atoms. The van der Waals surface area contributed by atoms with Crippen LogP contribution in [0.5, 0.6) is 0 Å². The molecule has 0 aliphatic carbocycles. The van der Waals surface area contributed by atoms with Crippen LogP contribution in [-0.2, 0) is 0 Å². The molecule has 0 saturated carbocycles. The number of hydrogen-bond acceptors (Lipinski definition) is 6. The minimum absolute atomic E-state index is 0.299. The van der Waals surface area contributed by atoms with Gasteiger partial charge in [0.25, 0.3) is 5.91 Å². The second-order valence-electron chi connectivity index (χ2n) is 5.43. The van der Waals surface area contributed by atoms with Crippen molar-refractivity contribution in [2.75, 3.05) is 10.6 Å². The van der Waals surface area contributed by atoms with E-state index in [0.29, 0.717) is 17.2 Å². The highest BCUT2D eigenvalue weighted by Crippen LogP contribution is 2.22. The van der Waals surface area contributed by atoms with Gasteiger partial charge in [0.05, 0.1) is 22.6 Å². The van der Waals surface area contributed by atoms with Crippen LogP contribution < -0.4 is 10.6 Å². The maximum atomic E-state index is 12.6. The fourth-order valence-electron chi connectivity index (χ4n) is 2.21. The number of anilines is 3. The summed E-state index contributed by atoms with van der Waals surface area (Å²) in [6.45, 7) is 5.70. The molecule has 0 fully saturated rings. The van der Waals surface area contributed by atoms with Crippen molar-refractivity contribution in [2.45, 2.75) is 20.8 Å². The summed E-state index contributed by atoms with van der Waals surface area (Å²) in [5, 5.41) is 8.70. The maximum Gasteiger partial charge on any atom is 0.277 e. The van der Waals surface area contributed by atoms with E-state index in [4.69, 9.17) is 0 Å². The van der Waals surface area contributed by atoms with Gasteiger partial charge in [-0.1, -0.05) is 0 Å². The van der Waals surface area contributed by atoms with Crippen LogP contribution in [-0.4, -0.2) is 20.9 Å². The van der Waals surface area contributed by atoms with E-state index in [9.17, 15) is 4.79 Å². The van der Waals surface area contributed by atoms with E-state index in [1.807, 2.05) is 39.0 Å². The lowest BCUT2D eigenvalue weighted by molar-refractivity contribution is 0.102. The zero-order valence-corrected chi connectivity index (χ0v) is 14.4. The molecule has 7 heteroatoms. The van der Waals surface area contributed by atoms with Crippen LogP contribution in [0.2, 0.25) is 0 Å². The molecule has 1 amide bonds. The highest BCUT2D eigenvalue weighted by atomic mass is 32.1. The molecule has 0 unspecified atom stereocenters. The van der Waals surface area contributed by atoms with Crippen LogP contribution >= 0.6 is 11.3 Å². The van der Waals surface area contributed by atoms with E-state index >= 15 is 0 Å². The number of aryl methyl sites for hydroxylation is 3. The van der Waals surface area contributed by atoms with Gasteiger partial charge in [-0.25, -0.2) is 9.97 Å². The van der Waals surface area contributed by atoms with Gasteiger partial charge >= 0.3 is 0 Å². The topological polar surface area (TPSA) is 79.8 Å². The molecule has 3 aromatic heterocycles. The van der Waals surface area contributed by atoms with Crippen molar-refractivity contribution >= 4 is 34.4 Å². The highest BCUT2D eigenvalue weighted by molar-refractivity contribution is 7.09. The first-order valence-corrected chi connectivity index (χ1v) is 8.29. The lowest BCUT2D eigenvalue weighted by Gasteiger charge is -2.12. The second-order valence-corrected chi connectivity index (χ2v) is 6.49. The van der Waals surface area contributed by atoms with E-state index in [1.165, 1.54) is 11.3 Å². The van der Waals surface area contributed by atoms with Crippen LogP contribution in [0.25, 0.3) is 0 Å². The van der Waals surface area contributed by atoms with Gasteiger partial charge in [-0.15, -0.1) is 11.3 Å². The fourth-order valence-corrected chi connectivity index (χ4v) is 2.75. The molecule has 3 aromatic rings. The Hall–Kier alpha value is -2.80. The summed E-state index contributed by atoms with van der Waals surface area (Å²) < 4.78 is 0. The Morgan fingerprint density at radius 3 is 2.67 bits per heavy atom. The van der Waals surface area contributed by atoms with Gasteiger partial charge in [0.2, 0.25) is 0 Å². The summed E-state index contributed by atoms with van der Waals surface area (Å²) in [5.74, 6) is 0.237. The molecule has 3 heterocycles. The van der Waals surface area contributed by atoms with E-state index in [-0.39, 0.29) is 5.91 Å². The fraction of sp³-hybridized carbons (Fsp3) is 0.176. The van der Waals surface area contributed by atoms with Crippen LogP contribution in [0.15, 0.2) is 36.0 Å². The number of thiazole rings is 1. The average molecular weight is 339 g/mol. The summed E-state index contributed by atoms with van der Waals surface area (Å²) in [6, 6.07) is 5.65. The van der Waals surface area contributed by atoms with Crippen molar-refractivity contribution in [3.8, 4) is 0 Å². The number of rotatable bonds is 4. The third-order valence-corrected chi connectivity index (χ3v) is 4.04. The Morgan fingerprint density at radius 1 is 1.12 bits per heavy atom. The lowest BCUT2D eigenvalue weighted by Crippen LogP contribution is -2.16. The number of nitrogens with one attached hydrogen (secondary N) is 2. The first-order valence-electron chi connectivity index (χ1n) is 7.41. The van der Waals surface area contributed by atoms with Gasteiger partial charge in [0, 0.05) is 17.3 Å². The highest BCUT2D eigenvalue weighted by Gasteiger charge is 2.15. The van der Waals surface area contributed by atoms with Gasteiger partial charge in [-0.05, 0) is 44.5 Å². The maximum absolute atomic E-state index is 12.6. The van der Waals surface area contributed by atoms with Crippen LogP contribution in [0.1, 0.15) is 26.8 Å². The lowest BCUT2D eigenvalue weighted by atomic mass is 10.2. The molecule has 3 rings (SSSR count). The molecule has 0 saturated heterocycles. The van der Waals surface area contributed by atoms with Crippen molar-refractivity contribution in [1.29, 1.82) is 0 Å². The Kier molecular flexibility index (Phi) is 4.52. The summed E-state index contributed by atoms with van der Waals surface area (Å²) in [4.78, 5) is 25.4. The number of carbonyl (C=O) groups is 1. The molecule has 0 radical (unpaired) electrons. The summed E-state index contributed by atoms with van der Waals surface area (Å²) in [5.41, 5.74) is 3.55. The second kappa shape index (κ2) is 6.76. The third-order valence-electron chi connectivity index (χ3n) is 3.26. The normalized spacial score (nSPS) is 10.5. The first kappa shape index (κ1) is 16.1. The molecule has 0 spiro atoms. The number of carbonyl (C=O) groups excluding carboxylic acids is 1. The van der Waals surface area contributed by atoms with Crippen LogP contribution in [0.3, 0.4) is 0 Å². The number of amides is 1. The average Bonchev–Trinajstić information content (AvgIpc) is 2.94. The van der Waals surface area contributed by atoms with Crippen LogP contribution in [0.4, 0.5) is 17.2 Å². The number of hydrogen-bond donors (Lipinski definition) is 2. The van der Waals surface area contributed by atoms with E-state index in [1.54, 1.807) is 17.8 Å². The SMILES string of the molecule is Cc1cncc(Nc2ccc(C)nc2C(=O)Nc2csc(C)n2)c1. The molecule has 0 aliphatic rings. The van der Waals surface area contributed by atoms with E-state index in [0.717, 1.165) is 22.0 Å². The molecule has 0 bridgehead atoms. The van der Waals surface area contributed by atoms with Gasteiger partial charge in [0.1, 0.15) is 5.82 Å². The minimum Gasteiger partial charge on any atom is -0.352 e. The van der Waals surface area contributed by atoms with Crippen molar-refractivity contribution < 1.29 is 4.79 Å². The monoisotopic (exact) mass is 339 g/mol. The number of pyridine rings is 2. The van der Waals surface area contributed by atoms with Crippen molar-refractivity contribution in [3.05, 3.63) is 57.9 Å². The predicted octanol–water partition coefficient (Wildman–Crippen LogP) is 3.85. The van der Waals surface area contributed by atoms with Gasteiger partial charge < -0.3 is 10.6 Å². The van der Waals surface area contributed by atoms with Crippen LogP contribution in [0, 0.1) is 20.8 Å². The quantitative estimate of drug-likeness (QED) is 0.754. The largest absolute Gasteiger partial charge is 0.352 e. The number of aromatic nitrogens is 3. The van der Waals surface area contributed by atoms with Gasteiger partial charge in [-0.2, -0.15) is 0 Å². The Morgan fingerprint density at radius 2 is 1.96 bits per heavy atom. The Bertz CT molecular complexity index is 890. The van der Waals surface area contributed by atoms with Crippen molar-refractivity contribution in [2.24, 2.45) is 0 Å². The molecular formula is C17H17N5OS. The van der Waals surface area contributed by atoms with Gasteiger partial charge in [-0.3, -0.25) is 9.78 Å². The summed E-state index contributed by atoms with van der Waals surface area (Å²) in [7, 11) is 0. The molecule has 122 valence electrons. The standard InChI is InChI=1S/C17H17N5OS/c1-10-6-13(8-18-7-10)21-14-5-4-11(2)19-16(14)17(23)22-15-9-24-12(3)20-15/h4-9,21H,1-3H3,(H,22,23). The molecule has 0 atom stereocenters. The van der Waals surface area contributed by atoms with Crippen molar-refractivity contribution in [1.82, 2.24) is 15.0 Å². The predicted molar refractivity (Wildman–Crippen MR) is 96.0 cm³/mol. The third kappa shape index (κ3) is 3.75. The first-order chi connectivity index (χ1) is 11.5. The molecule has 2 N–H and O–H groups in total. The van der Waals surface area contributed by atoms with Gasteiger partial charge in [0.15, 0.2) is 5.69 Å². The van der Waals surface area contributed by atoms with E-state index < -0.39 is 0 Å². The smallest absolute Gasteiger partial charge is 0.277 e. The molecular weight excluding hydrogens is 322 g/mol. The molecule has 0 aliphatic heterocycles. The summed E-state index contributed by atoms with van der Waals surface area (Å²) in [6.07, 6.45) is 3.48. The van der Waals surface area contributed by atoms with E-state index in [2.05, 4.69) is 25.6 Å². The van der Waals surface area contributed by atoms with Crippen molar-refractivity contribution in [3.63, 3.8) is 0 Å². The minimum atomic E-state index is -0.299. The number of nitrogens with zero attached hydrogens (tertiary/aromatic N) is 3. The zero-order chi connectivity index (χ0) is 17.1. The Labute approximate surface area is 144 Å². The summed E-state index contributed by atoms with van der Waals surface area (Å²) >= 11 is 1.48. The molecule has 0 aromatic carbocycles. The Balaban J connectivity index is 1.88. The zero-order valence-electron chi connectivity index (χ0n) is 13.6. The molecule has 6 nitrogen and oxygen atoms in total.